The highest BCUT2D eigenvalue weighted by Gasteiger charge is 2.19. The SMILES string of the molecule is CCc1ccc(NC(=O)c2c(Nc3ccccc3)n[nH]c2N)cc1. The fourth-order valence-corrected chi connectivity index (χ4v) is 2.35. The molecule has 0 saturated heterocycles. The molecule has 0 saturated carbocycles. The van der Waals surface area contributed by atoms with E-state index in [2.05, 4.69) is 27.8 Å². The normalized spacial score (nSPS) is 10.4. The highest BCUT2D eigenvalue weighted by Crippen LogP contribution is 2.24. The number of hydrogen-bond acceptors (Lipinski definition) is 4. The number of H-pyrrole nitrogens is 1. The van der Waals surface area contributed by atoms with E-state index in [0.29, 0.717) is 17.1 Å². The molecule has 1 aromatic heterocycles. The molecule has 0 spiro atoms. The number of para-hydroxylation sites is 1. The monoisotopic (exact) mass is 321 g/mol. The van der Waals surface area contributed by atoms with Crippen LogP contribution >= 0.6 is 0 Å². The molecule has 1 heterocycles. The molecular formula is C18H19N5O. The lowest BCUT2D eigenvalue weighted by molar-refractivity contribution is 0.102. The Labute approximate surface area is 140 Å². The molecule has 0 aliphatic heterocycles. The number of anilines is 4. The third kappa shape index (κ3) is 3.38. The summed E-state index contributed by atoms with van der Waals surface area (Å²) in [5.41, 5.74) is 8.91. The van der Waals surface area contributed by atoms with Gasteiger partial charge < -0.3 is 16.4 Å². The first-order chi connectivity index (χ1) is 11.7. The number of carbonyl (C=O) groups excluding carboxylic acids is 1. The molecule has 0 atom stereocenters. The zero-order valence-corrected chi connectivity index (χ0v) is 13.3. The van der Waals surface area contributed by atoms with Crippen LogP contribution in [0.2, 0.25) is 0 Å². The van der Waals surface area contributed by atoms with Crippen LogP contribution in [0, 0.1) is 0 Å². The van der Waals surface area contributed by atoms with Crippen LogP contribution in [0.15, 0.2) is 54.6 Å². The fourth-order valence-electron chi connectivity index (χ4n) is 2.35. The van der Waals surface area contributed by atoms with Gasteiger partial charge in [-0.25, -0.2) is 0 Å². The first kappa shape index (κ1) is 15.6. The third-order valence-electron chi connectivity index (χ3n) is 3.68. The lowest BCUT2D eigenvalue weighted by atomic mass is 10.1. The number of hydrogen-bond donors (Lipinski definition) is 4. The lowest BCUT2D eigenvalue weighted by Crippen LogP contribution is -2.14. The quantitative estimate of drug-likeness (QED) is 0.578. The van der Waals surface area contributed by atoms with Crippen molar-refractivity contribution in [3.63, 3.8) is 0 Å². The van der Waals surface area contributed by atoms with Crippen LogP contribution in [0.5, 0.6) is 0 Å². The first-order valence-electron chi connectivity index (χ1n) is 7.73. The van der Waals surface area contributed by atoms with Crippen molar-refractivity contribution in [2.24, 2.45) is 0 Å². The molecule has 0 aliphatic rings. The van der Waals surface area contributed by atoms with Crippen molar-refractivity contribution in [2.75, 3.05) is 16.4 Å². The number of nitrogens with two attached hydrogens (primary N) is 1. The summed E-state index contributed by atoms with van der Waals surface area (Å²) in [5, 5.41) is 12.7. The van der Waals surface area contributed by atoms with Crippen LogP contribution in [0.1, 0.15) is 22.8 Å². The Bertz CT molecular complexity index is 824. The van der Waals surface area contributed by atoms with Crippen molar-refractivity contribution in [1.29, 1.82) is 0 Å². The number of nitrogens with zero attached hydrogens (tertiary/aromatic N) is 1. The largest absolute Gasteiger partial charge is 0.383 e. The van der Waals surface area contributed by atoms with E-state index in [1.54, 1.807) is 0 Å². The number of nitrogen functional groups attached to an aromatic ring is 1. The van der Waals surface area contributed by atoms with Crippen LogP contribution in [0.4, 0.5) is 23.0 Å². The molecule has 1 amide bonds. The van der Waals surface area contributed by atoms with Gasteiger partial charge in [0, 0.05) is 11.4 Å². The summed E-state index contributed by atoms with van der Waals surface area (Å²) in [6, 6.07) is 17.2. The molecular weight excluding hydrogens is 302 g/mol. The molecule has 122 valence electrons. The molecule has 3 aromatic rings. The number of nitrogens with one attached hydrogen (secondary N) is 3. The highest BCUT2D eigenvalue weighted by atomic mass is 16.1. The van der Waals surface area contributed by atoms with E-state index >= 15 is 0 Å². The molecule has 0 unspecified atom stereocenters. The van der Waals surface area contributed by atoms with E-state index in [-0.39, 0.29) is 11.7 Å². The number of aryl methyl sites for hydroxylation is 1. The molecule has 3 rings (SSSR count). The van der Waals surface area contributed by atoms with Gasteiger partial charge in [0.15, 0.2) is 5.82 Å². The molecule has 0 bridgehead atoms. The Morgan fingerprint density at radius 2 is 1.79 bits per heavy atom. The van der Waals surface area contributed by atoms with Gasteiger partial charge in [-0.05, 0) is 36.2 Å². The van der Waals surface area contributed by atoms with E-state index in [0.717, 1.165) is 12.1 Å². The predicted molar refractivity (Wildman–Crippen MR) is 96.5 cm³/mol. The number of amides is 1. The molecule has 0 radical (unpaired) electrons. The van der Waals surface area contributed by atoms with Crippen molar-refractivity contribution >= 4 is 28.9 Å². The van der Waals surface area contributed by atoms with E-state index in [4.69, 9.17) is 5.73 Å². The Morgan fingerprint density at radius 3 is 2.46 bits per heavy atom. The van der Waals surface area contributed by atoms with Crippen molar-refractivity contribution < 1.29 is 4.79 Å². The molecule has 5 N–H and O–H groups in total. The zero-order valence-electron chi connectivity index (χ0n) is 13.3. The summed E-state index contributed by atoms with van der Waals surface area (Å²) in [5.74, 6) is 0.293. The van der Waals surface area contributed by atoms with Gasteiger partial charge in [-0.15, -0.1) is 0 Å². The number of aromatic amines is 1. The predicted octanol–water partition coefficient (Wildman–Crippen LogP) is 3.55. The summed E-state index contributed by atoms with van der Waals surface area (Å²) < 4.78 is 0. The second-order valence-electron chi connectivity index (χ2n) is 5.36. The number of rotatable bonds is 5. The van der Waals surface area contributed by atoms with Gasteiger partial charge in [-0.3, -0.25) is 9.89 Å². The van der Waals surface area contributed by atoms with Crippen molar-refractivity contribution in [1.82, 2.24) is 10.2 Å². The Kier molecular flexibility index (Phi) is 4.47. The zero-order chi connectivity index (χ0) is 16.9. The smallest absolute Gasteiger partial charge is 0.263 e. The molecule has 0 fully saturated rings. The van der Waals surface area contributed by atoms with E-state index in [9.17, 15) is 4.79 Å². The minimum absolute atomic E-state index is 0.219. The van der Waals surface area contributed by atoms with Gasteiger partial charge in [0.25, 0.3) is 5.91 Å². The second-order valence-corrected chi connectivity index (χ2v) is 5.36. The lowest BCUT2D eigenvalue weighted by Gasteiger charge is -2.08. The van der Waals surface area contributed by atoms with Gasteiger partial charge in [-0.2, -0.15) is 5.10 Å². The first-order valence-corrected chi connectivity index (χ1v) is 7.73. The van der Waals surface area contributed by atoms with Crippen LogP contribution in [-0.4, -0.2) is 16.1 Å². The highest BCUT2D eigenvalue weighted by molar-refractivity contribution is 6.11. The van der Waals surface area contributed by atoms with Crippen LogP contribution in [0.25, 0.3) is 0 Å². The topological polar surface area (TPSA) is 95.8 Å². The summed E-state index contributed by atoms with van der Waals surface area (Å²) >= 11 is 0. The van der Waals surface area contributed by atoms with Crippen LogP contribution in [0.3, 0.4) is 0 Å². The number of aromatic nitrogens is 2. The standard InChI is InChI=1S/C18H19N5O/c1-2-12-8-10-14(11-9-12)21-18(24)15-16(19)22-23-17(15)20-13-6-4-3-5-7-13/h3-11H,2H2,1H3,(H,21,24)(H4,19,20,22,23). The summed E-state index contributed by atoms with van der Waals surface area (Å²) in [6.07, 6.45) is 0.952. The number of benzene rings is 2. The van der Waals surface area contributed by atoms with Gasteiger partial charge in [0.05, 0.1) is 0 Å². The average Bonchev–Trinajstić information content (AvgIpc) is 2.97. The molecule has 2 aromatic carbocycles. The minimum atomic E-state index is -0.316. The minimum Gasteiger partial charge on any atom is -0.383 e. The van der Waals surface area contributed by atoms with Crippen molar-refractivity contribution in [2.45, 2.75) is 13.3 Å². The van der Waals surface area contributed by atoms with Gasteiger partial charge in [0.2, 0.25) is 0 Å². The summed E-state index contributed by atoms with van der Waals surface area (Å²) in [6.45, 7) is 2.08. The maximum atomic E-state index is 12.6. The van der Waals surface area contributed by atoms with E-state index in [1.165, 1.54) is 5.56 Å². The average molecular weight is 321 g/mol. The van der Waals surface area contributed by atoms with E-state index < -0.39 is 0 Å². The second kappa shape index (κ2) is 6.87. The Hall–Kier alpha value is -3.28. The van der Waals surface area contributed by atoms with Crippen molar-refractivity contribution in [3.8, 4) is 0 Å². The fraction of sp³-hybridized carbons (Fsp3) is 0.111. The maximum Gasteiger partial charge on any atom is 0.263 e. The molecule has 6 nitrogen and oxygen atoms in total. The van der Waals surface area contributed by atoms with Gasteiger partial charge in [0.1, 0.15) is 11.4 Å². The Balaban J connectivity index is 1.80. The number of carbonyl (C=O) groups is 1. The summed E-state index contributed by atoms with van der Waals surface area (Å²) in [4.78, 5) is 12.6. The third-order valence-corrected chi connectivity index (χ3v) is 3.68. The van der Waals surface area contributed by atoms with Crippen LogP contribution < -0.4 is 16.4 Å². The molecule has 24 heavy (non-hydrogen) atoms. The Morgan fingerprint density at radius 1 is 1.08 bits per heavy atom. The van der Waals surface area contributed by atoms with E-state index in [1.807, 2.05) is 54.6 Å². The molecule has 6 heteroatoms. The van der Waals surface area contributed by atoms with Crippen LogP contribution in [-0.2, 0) is 6.42 Å². The van der Waals surface area contributed by atoms with Crippen molar-refractivity contribution in [3.05, 3.63) is 65.7 Å². The molecule has 0 aliphatic carbocycles. The van der Waals surface area contributed by atoms with Gasteiger partial charge in [-0.1, -0.05) is 37.3 Å². The van der Waals surface area contributed by atoms with Gasteiger partial charge >= 0.3 is 0 Å². The summed E-state index contributed by atoms with van der Waals surface area (Å²) in [7, 11) is 0. The maximum absolute atomic E-state index is 12.6.